The van der Waals surface area contributed by atoms with Crippen LogP contribution in [0.2, 0.25) is 0 Å². The summed E-state index contributed by atoms with van der Waals surface area (Å²) in [5.41, 5.74) is 0.419. The summed E-state index contributed by atoms with van der Waals surface area (Å²) in [6.07, 6.45) is -0.167. The first kappa shape index (κ1) is 15.4. The molecule has 114 valence electrons. The van der Waals surface area contributed by atoms with Crippen molar-refractivity contribution in [2.75, 3.05) is 12.3 Å². The summed E-state index contributed by atoms with van der Waals surface area (Å²) in [4.78, 5) is 24.5. The highest BCUT2D eigenvalue weighted by Gasteiger charge is 2.39. The predicted molar refractivity (Wildman–Crippen MR) is 71.5 cm³/mol. The first-order chi connectivity index (χ1) is 9.78. The van der Waals surface area contributed by atoms with Gasteiger partial charge in [0.2, 0.25) is 5.91 Å². The van der Waals surface area contributed by atoms with E-state index in [0.29, 0.717) is 5.56 Å². The third-order valence-corrected chi connectivity index (χ3v) is 4.20. The molecule has 1 N–H and O–H groups in total. The monoisotopic (exact) mass is 315 g/mol. The number of hydrogen-bond donors (Lipinski definition) is 1. The van der Waals surface area contributed by atoms with E-state index in [-0.39, 0.29) is 13.0 Å². The van der Waals surface area contributed by atoms with E-state index < -0.39 is 39.8 Å². The van der Waals surface area contributed by atoms with Gasteiger partial charge in [-0.2, -0.15) is 8.42 Å². The number of aliphatic carboxylic acids is 1. The number of nitrogens with zero attached hydrogens (tertiary/aromatic N) is 1. The van der Waals surface area contributed by atoms with Crippen molar-refractivity contribution in [3.8, 4) is 0 Å². The summed E-state index contributed by atoms with van der Waals surface area (Å²) < 4.78 is 34.0. The minimum Gasteiger partial charge on any atom is -0.479 e. The van der Waals surface area contributed by atoms with Gasteiger partial charge in [0.05, 0.1) is 5.75 Å². The Hall–Kier alpha value is -1.96. The number of likely N-dealkylation sites (tertiary alicyclic amines) is 1. The molecule has 6 nitrogen and oxygen atoms in total. The first-order valence-corrected chi connectivity index (χ1v) is 7.83. The van der Waals surface area contributed by atoms with Crippen LogP contribution in [-0.2, 0) is 19.8 Å². The summed E-state index contributed by atoms with van der Waals surface area (Å²) in [6.45, 7) is -0.0894. The summed E-state index contributed by atoms with van der Waals surface area (Å²) in [6, 6.07) is 6.97. The van der Waals surface area contributed by atoms with Crippen molar-refractivity contribution < 1.29 is 27.0 Å². The summed E-state index contributed by atoms with van der Waals surface area (Å²) in [5.74, 6) is -3.19. The second-order valence-corrected chi connectivity index (χ2v) is 6.38. The standard InChI is InChI=1S/C13H14FNO5S/c14-21(19,20)8-9-6-11(16)15(7-9)12(13(17)18)10-4-2-1-3-5-10/h1-5,9,12H,6-8H2,(H,17,18)/t9?,12-/m1/s1. The molecule has 1 fully saturated rings. The lowest BCUT2D eigenvalue weighted by atomic mass is 10.1. The highest BCUT2D eigenvalue weighted by molar-refractivity contribution is 7.86. The van der Waals surface area contributed by atoms with Crippen LogP contribution in [0.3, 0.4) is 0 Å². The molecule has 0 saturated carbocycles. The Labute approximate surface area is 121 Å². The quantitative estimate of drug-likeness (QED) is 0.817. The van der Waals surface area contributed by atoms with E-state index in [0.717, 1.165) is 4.90 Å². The number of benzene rings is 1. The molecule has 0 bridgehead atoms. The van der Waals surface area contributed by atoms with Gasteiger partial charge in [-0.1, -0.05) is 30.3 Å². The number of halogens is 1. The van der Waals surface area contributed by atoms with Gasteiger partial charge >= 0.3 is 16.2 Å². The van der Waals surface area contributed by atoms with Crippen molar-refractivity contribution in [2.24, 2.45) is 5.92 Å². The molecule has 0 aliphatic carbocycles. The smallest absolute Gasteiger partial charge is 0.331 e. The Kier molecular flexibility index (Phi) is 4.26. The fourth-order valence-electron chi connectivity index (χ4n) is 2.54. The highest BCUT2D eigenvalue weighted by atomic mass is 32.3. The zero-order chi connectivity index (χ0) is 15.6. The third-order valence-electron chi connectivity index (χ3n) is 3.33. The number of amides is 1. The zero-order valence-electron chi connectivity index (χ0n) is 11.0. The Bertz CT molecular complexity index is 646. The van der Waals surface area contributed by atoms with Crippen LogP contribution < -0.4 is 0 Å². The van der Waals surface area contributed by atoms with Gasteiger partial charge < -0.3 is 10.0 Å². The highest BCUT2D eigenvalue weighted by Crippen LogP contribution is 2.29. The molecule has 1 unspecified atom stereocenters. The maximum Gasteiger partial charge on any atom is 0.331 e. The van der Waals surface area contributed by atoms with Gasteiger partial charge in [0.15, 0.2) is 6.04 Å². The van der Waals surface area contributed by atoms with Crippen LogP contribution in [0.5, 0.6) is 0 Å². The minimum atomic E-state index is -4.69. The van der Waals surface area contributed by atoms with Crippen LogP contribution in [0, 0.1) is 5.92 Å². The molecule has 2 atom stereocenters. The van der Waals surface area contributed by atoms with Crippen LogP contribution in [0.4, 0.5) is 3.89 Å². The SMILES string of the molecule is O=C(O)[C@@H](c1ccccc1)N1CC(CS(=O)(=O)F)CC1=O. The molecule has 2 rings (SSSR count). The summed E-state index contributed by atoms with van der Waals surface area (Å²) in [7, 11) is -4.69. The van der Waals surface area contributed by atoms with Gasteiger partial charge in [0.1, 0.15) is 0 Å². The number of rotatable bonds is 5. The fourth-order valence-corrected chi connectivity index (χ4v) is 3.33. The van der Waals surface area contributed by atoms with Crippen LogP contribution in [-0.4, -0.2) is 42.6 Å². The topological polar surface area (TPSA) is 91.8 Å². The molecule has 1 saturated heterocycles. The molecule has 0 aromatic heterocycles. The maximum absolute atomic E-state index is 12.7. The lowest BCUT2D eigenvalue weighted by molar-refractivity contribution is -0.148. The second-order valence-electron chi connectivity index (χ2n) is 4.97. The third kappa shape index (κ3) is 3.78. The maximum atomic E-state index is 12.7. The second kappa shape index (κ2) is 5.80. The number of hydrogen-bond acceptors (Lipinski definition) is 4. The Morgan fingerprint density at radius 3 is 2.52 bits per heavy atom. The molecule has 8 heteroatoms. The van der Waals surface area contributed by atoms with E-state index in [1.807, 2.05) is 0 Å². The molecular formula is C13H14FNO5S. The predicted octanol–water partition coefficient (Wildman–Crippen LogP) is 0.960. The van der Waals surface area contributed by atoms with Crippen molar-refractivity contribution in [1.29, 1.82) is 0 Å². The number of carbonyl (C=O) groups is 2. The lowest BCUT2D eigenvalue weighted by Crippen LogP contribution is -2.35. The van der Waals surface area contributed by atoms with Crippen LogP contribution in [0.15, 0.2) is 30.3 Å². The van der Waals surface area contributed by atoms with Crippen LogP contribution >= 0.6 is 0 Å². The van der Waals surface area contributed by atoms with Gasteiger partial charge in [0, 0.05) is 18.9 Å². The van der Waals surface area contributed by atoms with E-state index in [4.69, 9.17) is 0 Å². The van der Waals surface area contributed by atoms with Crippen molar-refractivity contribution in [2.45, 2.75) is 12.5 Å². The minimum absolute atomic E-state index is 0.0894. The number of carboxylic acid groups (broad SMARTS) is 1. The summed E-state index contributed by atoms with van der Waals surface area (Å²) in [5, 5.41) is 9.34. The Balaban J connectivity index is 2.23. The van der Waals surface area contributed by atoms with Crippen molar-refractivity contribution in [3.63, 3.8) is 0 Å². The van der Waals surface area contributed by atoms with E-state index >= 15 is 0 Å². The average Bonchev–Trinajstić information content (AvgIpc) is 2.69. The van der Waals surface area contributed by atoms with Gasteiger partial charge in [-0.05, 0) is 5.56 Å². The number of carboxylic acids is 1. The molecule has 1 aliphatic heterocycles. The Morgan fingerprint density at radius 2 is 2.00 bits per heavy atom. The van der Waals surface area contributed by atoms with E-state index in [2.05, 4.69) is 0 Å². The molecule has 1 aromatic rings. The van der Waals surface area contributed by atoms with Gasteiger partial charge in [-0.25, -0.2) is 4.79 Å². The molecule has 21 heavy (non-hydrogen) atoms. The van der Waals surface area contributed by atoms with Crippen LogP contribution in [0.25, 0.3) is 0 Å². The van der Waals surface area contributed by atoms with E-state index in [1.54, 1.807) is 30.3 Å². The van der Waals surface area contributed by atoms with Crippen molar-refractivity contribution in [3.05, 3.63) is 35.9 Å². The van der Waals surface area contributed by atoms with Gasteiger partial charge in [0.25, 0.3) is 0 Å². The molecule has 1 aromatic carbocycles. The first-order valence-electron chi connectivity index (χ1n) is 6.27. The van der Waals surface area contributed by atoms with Gasteiger partial charge in [-0.15, -0.1) is 3.89 Å². The van der Waals surface area contributed by atoms with E-state index in [1.165, 1.54) is 0 Å². The van der Waals surface area contributed by atoms with Crippen LogP contribution in [0.1, 0.15) is 18.0 Å². The average molecular weight is 315 g/mol. The van der Waals surface area contributed by atoms with E-state index in [9.17, 15) is 27.0 Å². The fraction of sp³-hybridized carbons (Fsp3) is 0.385. The van der Waals surface area contributed by atoms with Crippen molar-refractivity contribution in [1.82, 2.24) is 4.90 Å². The summed E-state index contributed by atoms with van der Waals surface area (Å²) >= 11 is 0. The molecule has 1 heterocycles. The largest absolute Gasteiger partial charge is 0.479 e. The van der Waals surface area contributed by atoms with Gasteiger partial charge in [-0.3, -0.25) is 4.79 Å². The molecule has 0 spiro atoms. The lowest BCUT2D eigenvalue weighted by Gasteiger charge is -2.25. The molecule has 1 amide bonds. The molecule has 0 radical (unpaired) electrons. The normalized spacial score (nSPS) is 20.5. The number of carbonyl (C=O) groups excluding carboxylic acids is 1. The molecular weight excluding hydrogens is 301 g/mol. The Morgan fingerprint density at radius 1 is 1.38 bits per heavy atom. The zero-order valence-corrected chi connectivity index (χ0v) is 11.8. The molecule has 1 aliphatic rings. The van der Waals surface area contributed by atoms with Crippen molar-refractivity contribution >= 4 is 22.1 Å².